The Bertz CT molecular complexity index is 479. The summed E-state index contributed by atoms with van der Waals surface area (Å²) in [5.41, 5.74) is 0.252. The molecule has 1 aromatic rings. The second kappa shape index (κ2) is 6.58. The second-order valence-electron chi connectivity index (χ2n) is 3.74. The van der Waals surface area contributed by atoms with Gasteiger partial charge in [-0.25, -0.2) is 14.0 Å². The smallest absolute Gasteiger partial charge is 0.326 e. The number of methoxy groups -OCH3 is 1. The van der Waals surface area contributed by atoms with Gasteiger partial charge in [0.15, 0.2) is 0 Å². The highest BCUT2D eigenvalue weighted by atomic mass is 19.1. The monoisotopic (exact) mass is 270 g/mol. The minimum absolute atomic E-state index is 0.151. The van der Waals surface area contributed by atoms with Crippen LogP contribution >= 0.6 is 0 Å². The number of ether oxygens (including phenoxy) is 1. The van der Waals surface area contributed by atoms with Crippen LogP contribution in [0.4, 0.5) is 14.9 Å². The first kappa shape index (κ1) is 14.7. The lowest BCUT2D eigenvalue weighted by atomic mass is 10.2. The zero-order valence-electron chi connectivity index (χ0n) is 10.6. The normalized spacial score (nSPS) is 11.5. The largest absolute Gasteiger partial charge is 0.494 e. The van der Waals surface area contributed by atoms with Gasteiger partial charge in [-0.05, 0) is 18.6 Å². The molecule has 0 fully saturated rings. The number of amides is 2. The van der Waals surface area contributed by atoms with Crippen LogP contribution in [0.15, 0.2) is 18.2 Å². The molecular formula is C12H15FN2O4. The summed E-state index contributed by atoms with van der Waals surface area (Å²) in [5.74, 6) is -1.47. The molecule has 0 saturated heterocycles. The highest BCUT2D eigenvalue weighted by Gasteiger charge is 2.18. The quantitative estimate of drug-likeness (QED) is 0.761. The molecule has 0 aromatic heterocycles. The van der Waals surface area contributed by atoms with Crippen molar-refractivity contribution in [1.82, 2.24) is 5.32 Å². The van der Waals surface area contributed by atoms with Crippen LogP contribution in [0.25, 0.3) is 0 Å². The molecule has 2 amide bonds. The fraction of sp³-hybridized carbons (Fsp3) is 0.333. The average Bonchev–Trinajstić information content (AvgIpc) is 2.37. The van der Waals surface area contributed by atoms with Crippen LogP contribution in [0.2, 0.25) is 0 Å². The van der Waals surface area contributed by atoms with Crippen LogP contribution in [0.3, 0.4) is 0 Å². The van der Waals surface area contributed by atoms with Gasteiger partial charge in [0.05, 0.1) is 12.8 Å². The van der Waals surface area contributed by atoms with Crippen molar-refractivity contribution in [2.75, 3.05) is 12.4 Å². The average molecular weight is 270 g/mol. The lowest BCUT2D eigenvalue weighted by Crippen LogP contribution is -2.42. The lowest BCUT2D eigenvalue weighted by molar-refractivity contribution is -0.139. The second-order valence-corrected chi connectivity index (χ2v) is 3.74. The van der Waals surface area contributed by atoms with E-state index in [1.165, 1.54) is 13.2 Å². The van der Waals surface area contributed by atoms with E-state index in [-0.39, 0.29) is 17.9 Å². The molecule has 0 spiro atoms. The molecule has 0 radical (unpaired) electrons. The standard InChI is InChI=1S/C12H15FN2O4/c1-3-8(11(16)17)14-12(18)15-9-5-4-7(13)6-10(9)19-2/h4-6,8H,3H2,1-2H3,(H,16,17)(H2,14,15,18)/t8-/m0/s1. The number of carboxylic acid groups (broad SMARTS) is 1. The van der Waals surface area contributed by atoms with E-state index in [0.717, 1.165) is 12.1 Å². The van der Waals surface area contributed by atoms with Gasteiger partial charge in [-0.15, -0.1) is 0 Å². The molecule has 7 heteroatoms. The van der Waals surface area contributed by atoms with E-state index in [0.29, 0.717) is 0 Å². The Labute approximate surface area is 109 Å². The van der Waals surface area contributed by atoms with Gasteiger partial charge in [0, 0.05) is 6.07 Å². The highest BCUT2D eigenvalue weighted by Crippen LogP contribution is 2.24. The zero-order valence-corrected chi connectivity index (χ0v) is 10.6. The Hall–Kier alpha value is -2.31. The van der Waals surface area contributed by atoms with Gasteiger partial charge in [0.2, 0.25) is 0 Å². The molecule has 0 aliphatic heterocycles. The van der Waals surface area contributed by atoms with Crippen molar-refractivity contribution < 1.29 is 23.8 Å². The predicted molar refractivity (Wildman–Crippen MR) is 66.8 cm³/mol. The van der Waals surface area contributed by atoms with E-state index in [9.17, 15) is 14.0 Å². The molecule has 19 heavy (non-hydrogen) atoms. The number of anilines is 1. The van der Waals surface area contributed by atoms with Gasteiger partial charge < -0.3 is 20.5 Å². The Kier molecular flexibility index (Phi) is 5.11. The maximum Gasteiger partial charge on any atom is 0.326 e. The van der Waals surface area contributed by atoms with Gasteiger partial charge in [-0.1, -0.05) is 6.92 Å². The van der Waals surface area contributed by atoms with E-state index in [1.54, 1.807) is 6.92 Å². The van der Waals surface area contributed by atoms with E-state index >= 15 is 0 Å². The first-order valence-electron chi connectivity index (χ1n) is 5.61. The van der Waals surface area contributed by atoms with Crippen LogP contribution in [0.1, 0.15) is 13.3 Å². The fourth-order valence-electron chi connectivity index (χ4n) is 1.42. The summed E-state index contributed by atoms with van der Waals surface area (Å²) in [6.45, 7) is 1.64. The fourth-order valence-corrected chi connectivity index (χ4v) is 1.42. The molecule has 0 heterocycles. The maximum atomic E-state index is 13.0. The molecule has 6 nitrogen and oxygen atoms in total. The number of hydrogen-bond donors (Lipinski definition) is 3. The Balaban J connectivity index is 2.74. The number of urea groups is 1. The van der Waals surface area contributed by atoms with Crippen molar-refractivity contribution in [3.05, 3.63) is 24.0 Å². The van der Waals surface area contributed by atoms with Crippen molar-refractivity contribution in [3.63, 3.8) is 0 Å². The number of hydrogen-bond acceptors (Lipinski definition) is 3. The maximum absolute atomic E-state index is 13.0. The third-order valence-corrected chi connectivity index (χ3v) is 2.42. The minimum Gasteiger partial charge on any atom is -0.494 e. The molecule has 1 aromatic carbocycles. The van der Waals surface area contributed by atoms with Crippen LogP contribution < -0.4 is 15.4 Å². The predicted octanol–water partition coefficient (Wildman–Crippen LogP) is 1.82. The van der Waals surface area contributed by atoms with Crippen molar-refractivity contribution in [3.8, 4) is 5.75 Å². The van der Waals surface area contributed by atoms with Crippen LogP contribution in [-0.4, -0.2) is 30.3 Å². The number of carboxylic acids is 1. The van der Waals surface area contributed by atoms with Crippen molar-refractivity contribution in [2.24, 2.45) is 0 Å². The summed E-state index contributed by atoms with van der Waals surface area (Å²) in [4.78, 5) is 22.4. The van der Waals surface area contributed by atoms with E-state index in [1.807, 2.05) is 0 Å². The molecule has 0 unspecified atom stereocenters. The van der Waals surface area contributed by atoms with Crippen molar-refractivity contribution >= 4 is 17.7 Å². The van der Waals surface area contributed by atoms with Gasteiger partial charge in [0.1, 0.15) is 17.6 Å². The van der Waals surface area contributed by atoms with E-state index in [4.69, 9.17) is 9.84 Å². The molecule has 0 saturated carbocycles. The van der Waals surface area contributed by atoms with Crippen LogP contribution in [-0.2, 0) is 4.79 Å². The molecule has 104 valence electrons. The molecule has 0 bridgehead atoms. The third kappa shape index (κ3) is 4.13. The van der Waals surface area contributed by atoms with Gasteiger partial charge in [0.25, 0.3) is 0 Å². The number of halogens is 1. The van der Waals surface area contributed by atoms with Crippen LogP contribution in [0.5, 0.6) is 5.75 Å². The summed E-state index contributed by atoms with van der Waals surface area (Å²) >= 11 is 0. The first-order chi connectivity index (χ1) is 8.97. The van der Waals surface area contributed by atoms with Crippen molar-refractivity contribution in [1.29, 1.82) is 0 Å². The number of benzene rings is 1. The number of aliphatic carboxylic acids is 1. The van der Waals surface area contributed by atoms with E-state index < -0.39 is 23.9 Å². The SMILES string of the molecule is CC[C@H](NC(=O)Nc1ccc(F)cc1OC)C(=O)O. The summed E-state index contributed by atoms with van der Waals surface area (Å²) in [6.07, 6.45) is 0.253. The molecular weight excluding hydrogens is 255 g/mol. The van der Waals surface area contributed by atoms with Crippen molar-refractivity contribution in [2.45, 2.75) is 19.4 Å². The molecule has 3 N–H and O–H groups in total. The van der Waals surface area contributed by atoms with Gasteiger partial charge >= 0.3 is 12.0 Å². The number of carbonyl (C=O) groups excluding carboxylic acids is 1. The van der Waals surface area contributed by atoms with E-state index in [2.05, 4.69) is 10.6 Å². The van der Waals surface area contributed by atoms with Gasteiger partial charge in [-0.2, -0.15) is 0 Å². The Morgan fingerprint density at radius 2 is 2.16 bits per heavy atom. The molecule has 1 atom stereocenters. The lowest BCUT2D eigenvalue weighted by Gasteiger charge is -2.14. The zero-order chi connectivity index (χ0) is 14.4. The third-order valence-electron chi connectivity index (χ3n) is 2.42. The van der Waals surface area contributed by atoms with Crippen LogP contribution in [0, 0.1) is 5.82 Å². The summed E-state index contributed by atoms with van der Waals surface area (Å²) in [5, 5.41) is 13.5. The topological polar surface area (TPSA) is 87.7 Å². The molecule has 0 aliphatic rings. The summed E-state index contributed by atoms with van der Waals surface area (Å²) < 4.78 is 17.9. The minimum atomic E-state index is -1.12. The number of rotatable bonds is 5. The first-order valence-corrected chi connectivity index (χ1v) is 5.61. The Morgan fingerprint density at radius 1 is 1.47 bits per heavy atom. The molecule has 1 rings (SSSR count). The number of carbonyl (C=O) groups is 2. The molecule has 0 aliphatic carbocycles. The summed E-state index contributed by atoms with van der Waals surface area (Å²) in [6, 6.07) is 1.93. The highest BCUT2D eigenvalue weighted by molar-refractivity contribution is 5.93. The van der Waals surface area contributed by atoms with Gasteiger partial charge in [-0.3, -0.25) is 0 Å². The Morgan fingerprint density at radius 3 is 2.68 bits per heavy atom. The summed E-state index contributed by atoms with van der Waals surface area (Å²) in [7, 11) is 1.34. The number of nitrogens with one attached hydrogen (secondary N) is 2.